The number of benzene rings is 1. The van der Waals surface area contributed by atoms with Gasteiger partial charge in [-0.25, -0.2) is 0 Å². The highest BCUT2D eigenvalue weighted by molar-refractivity contribution is 7.98. The van der Waals surface area contributed by atoms with Crippen molar-refractivity contribution in [1.82, 2.24) is 0 Å². The first-order valence-corrected chi connectivity index (χ1v) is 6.47. The molecule has 3 nitrogen and oxygen atoms in total. The number of hydrogen-bond donors (Lipinski definition) is 2. The van der Waals surface area contributed by atoms with Gasteiger partial charge in [0.25, 0.3) is 0 Å². The van der Waals surface area contributed by atoms with Crippen LogP contribution in [0, 0.1) is 5.92 Å². The summed E-state index contributed by atoms with van der Waals surface area (Å²) in [5, 5.41) is 2.82. The van der Waals surface area contributed by atoms with E-state index in [1.54, 1.807) is 11.8 Å². The van der Waals surface area contributed by atoms with Crippen LogP contribution in [0.15, 0.2) is 29.2 Å². The lowest BCUT2D eigenvalue weighted by Gasteiger charge is -2.15. The Morgan fingerprint density at radius 2 is 2.12 bits per heavy atom. The third kappa shape index (κ3) is 3.54. The van der Waals surface area contributed by atoms with Crippen LogP contribution in [0.2, 0.25) is 0 Å². The summed E-state index contributed by atoms with van der Waals surface area (Å²) in [5.41, 5.74) is 6.56. The maximum absolute atomic E-state index is 11.7. The van der Waals surface area contributed by atoms with Crippen molar-refractivity contribution in [3.63, 3.8) is 0 Å². The molecule has 1 atom stereocenters. The molecule has 1 unspecified atom stereocenters. The van der Waals surface area contributed by atoms with Gasteiger partial charge in [0, 0.05) is 10.6 Å². The minimum Gasteiger partial charge on any atom is -0.325 e. The van der Waals surface area contributed by atoms with Crippen LogP contribution in [0.5, 0.6) is 0 Å². The summed E-state index contributed by atoms with van der Waals surface area (Å²) in [4.78, 5) is 12.8. The molecule has 0 aromatic heterocycles. The van der Waals surface area contributed by atoms with Gasteiger partial charge in [0.2, 0.25) is 5.91 Å². The number of hydrogen-bond acceptors (Lipinski definition) is 3. The second kappa shape index (κ2) is 5.92. The van der Waals surface area contributed by atoms with E-state index in [-0.39, 0.29) is 11.8 Å². The Balaban J connectivity index is 2.69. The van der Waals surface area contributed by atoms with Gasteiger partial charge in [0.05, 0.1) is 6.04 Å². The second-order valence-electron chi connectivity index (χ2n) is 3.99. The summed E-state index contributed by atoms with van der Waals surface area (Å²) in [7, 11) is 0. The Hall–Kier alpha value is -1.00. The zero-order chi connectivity index (χ0) is 12.1. The van der Waals surface area contributed by atoms with Gasteiger partial charge in [-0.05, 0) is 30.4 Å². The summed E-state index contributed by atoms with van der Waals surface area (Å²) in [6, 6.07) is 7.27. The van der Waals surface area contributed by atoms with E-state index in [1.807, 2.05) is 44.4 Å². The van der Waals surface area contributed by atoms with Crippen molar-refractivity contribution >= 4 is 23.4 Å². The van der Waals surface area contributed by atoms with Gasteiger partial charge in [-0.15, -0.1) is 11.8 Å². The van der Waals surface area contributed by atoms with Gasteiger partial charge >= 0.3 is 0 Å². The molecule has 0 fully saturated rings. The molecule has 0 saturated heterocycles. The van der Waals surface area contributed by atoms with Crippen molar-refractivity contribution in [2.75, 3.05) is 11.6 Å². The highest BCUT2D eigenvalue weighted by Crippen LogP contribution is 2.19. The molecule has 0 bridgehead atoms. The number of nitrogens with two attached hydrogens (primary N) is 1. The maximum atomic E-state index is 11.7. The van der Waals surface area contributed by atoms with E-state index >= 15 is 0 Å². The van der Waals surface area contributed by atoms with Gasteiger partial charge in [0.15, 0.2) is 0 Å². The van der Waals surface area contributed by atoms with Gasteiger partial charge in [0.1, 0.15) is 0 Å². The Labute approximate surface area is 101 Å². The maximum Gasteiger partial charge on any atom is 0.241 e. The lowest BCUT2D eigenvalue weighted by molar-refractivity contribution is -0.118. The molecular weight excluding hydrogens is 220 g/mol. The third-order valence-electron chi connectivity index (χ3n) is 2.36. The molecular formula is C12H18N2OS. The number of carbonyl (C=O) groups is 1. The smallest absolute Gasteiger partial charge is 0.241 e. The number of rotatable bonds is 4. The molecule has 16 heavy (non-hydrogen) atoms. The average Bonchev–Trinajstić information content (AvgIpc) is 2.28. The topological polar surface area (TPSA) is 55.1 Å². The van der Waals surface area contributed by atoms with Crippen LogP contribution in [-0.4, -0.2) is 18.2 Å². The fourth-order valence-electron chi connectivity index (χ4n) is 1.23. The van der Waals surface area contributed by atoms with Crippen LogP contribution in [0.25, 0.3) is 0 Å². The van der Waals surface area contributed by atoms with Crippen LogP contribution in [0.3, 0.4) is 0 Å². The van der Waals surface area contributed by atoms with Crippen molar-refractivity contribution in [3.8, 4) is 0 Å². The number of thioether (sulfide) groups is 1. The Bertz CT molecular complexity index is 366. The zero-order valence-corrected chi connectivity index (χ0v) is 10.7. The van der Waals surface area contributed by atoms with E-state index in [9.17, 15) is 4.79 Å². The fourth-order valence-corrected chi connectivity index (χ4v) is 1.69. The van der Waals surface area contributed by atoms with Crippen LogP contribution in [0.1, 0.15) is 13.8 Å². The van der Waals surface area contributed by atoms with Crippen LogP contribution in [-0.2, 0) is 4.79 Å². The predicted molar refractivity (Wildman–Crippen MR) is 69.7 cm³/mol. The molecule has 0 aliphatic rings. The molecule has 0 aliphatic heterocycles. The largest absolute Gasteiger partial charge is 0.325 e. The zero-order valence-electron chi connectivity index (χ0n) is 9.86. The van der Waals surface area contributed by atoms with E-state index in [0.29, 0.717) is 0 Å². The number of carbonyl (C=O) groups excluding carboxylic acids is 1. The number of amides is 1. The van der Waals surface area contributed by atoms with E-state index in [0.717, 1.165) is 10.6 Å². The number of nitrogens with one attached hydrogen (secondary N) is 1. The van der Waals surface area contributed by atoms with Crippen molar-refractivity contribution in [2.24, 2.45) is 11.7 Å². The van der Waals surface area contributed by atoms with E-state index < -0.39 is 6.04 Å². The summed E-state index contributed by atoms with van der Waals surface area (Å²) in [6.45, 7) is 3.87. The quantitative estimate of drug-likeness (QED) is 0.792. The van der Waals surface area contributed by atoms with Crippen LogP contribution in [0.4, 0.5) is 5.69 Å². The molecule has 1 rings (SSSR count). The van der Waals surface area contributed by atoms with Crippen molar-refractivity contribution in [1.29, 1.82) is 0 Å². The molecule has 0 aliphatic carbocycles. The molecule has 1 aromatic carbocycles. The van der Waals surface area contributed by atoms with Gasteiger partial charge in [-0.3, -0.25) is 4.79 Å². The van der Waals surface area contributed by atoms with Crippen molar-refractivity contribution in [2.45, 2.75) is 24.8 Å². The van der Waals surface area contributed by atoms with E-state index in [2.05, 4.69) is 5.32 Å². The lowest BCUT2D eigenvalue weighted by Crippen LogP contribution is -2.39. The van der Waals surface area contributed by atoms with E-state index in [4.69, 9.17) is 5.73 Å². The molecule has 4 heteroatoms. The minimum absolute atomic E-state index is 0.131. The molecule has 0 spiro atoms. The normalized spacial score (nSPS) is 12.6. The summed E-state index contributed by atoms with van der Waals surface area (Å²) in [5.74, 6) is 0.0111. The highest BCUT2D eigenvalue weighted by Gasteiger charge is 2.16. The molecule has 0 heterocycles. The monoisotopic (exact) mass is 238 g/mol. The van der Waals surface area contributed by atoms with Crippen LogP contribution < -0.4 is 11.1 Å². The standard InChI is InChI=1S/C12H18N2OS/c1-8(2)11(13)12(15)14-9-5-4-6-10(7-9)16-3/h4-8,11H,13H2,1-3H3,(H,14,15). The first kappa shape index (κ1) is 13.1. The molecule has 88 valence electrons. The molecule has 3 N–H and O–H groups in total. The van der Waals surface area contributed by atoms with Crippen LogP contribution >= 0.6 is 11.8 Å². The molecule has 0 saturated carbocycles. The van der Waals surface area contributed by atoms with Crippen molar-refractivity contribution < 1.29 is 4.79 Å². The predicted octanol–water partition coefficient (Wildman–Crippen LogP) is 2.33. The lowest BCUT2D eigenvalue weighted by atomic mass is 10.1. The van der Waals surface area contributed by atoms with Gasteiger partial charge in [-0.1, -0.05) is 19.9 Å². The number of anilines is 1. The Morgan fingerprint density at radius 1 is 1.44 bits per heavy atom. The second-order valence-corrected chi connectivity index (χ2v) is 4.87. The average molecular weight is 238 g/mol. The Morgan fingerprint density at radius 3 is 2.69 bits per heavy atom. The molecule has 1 amide bonds. The molecule has 1 aromatic rings. The molecule has 0 radical (unpaired) electrons. The summed E-state index contributed by atoms with van der Waals surface area (Å²) < 4.78 is 0. The van der Waals surface area contributed by atoms with E-state index in [1.165, 1.54) is 0 Å². The summed E-state index contributed by atoms with van der Waals surface area (Å²) in [6.07, 6.45) is 2.00. The first-order valence-electron chi connectivity index (χ1n) is 5.25. The van der Waals surface area contributed by atoms with Gasteiger partial charge < -0.3 is 11.1 Å². The highest BCUT2D eigenvalue weighted by atomic mass is 32.2. The van der Waals surface area contributed by atoms with Gasteiger partial charge in [-0.2, -0.15) is 0 Å². The third-order valence-corrected chi connectivity index (χ3v) is 3.08. The Kier molecular flexibility index (Phi) is 4.83. The summed E-state index contributed by atoms with van der Waals surface area (Å²) >= 11 is 1.64. The fraction of sp³-hybridized carbons (Fsp3) is 0.417. The SMILES string of the molecule is CSc1cccc(NC(=O)C(N)C(C)C)c1. The first-order chi connectivity index (χ1) is 7.54. The van der Waals surface area contributed by atoms with Crippen molar-refractivity contribution in [3.05, 3.63) is 24.3 Å². The minimum atomic E-state index is -0.460.